The Hall–Kier alpha value is -2.57. The number of nitrogens with one attached hydrogen (secondary N) is 3. The lowest BCUT2D eigenvalue weighted by molar-refractivity contribution is -0.128. The lowest BCUT2D eigenvalue weighted by Crippen LogP contribution is -2.51. The Bertz CT molecular complexity index is 637. The molecule has 1 aromatic rings. The molecule has 0 aliphatic heterocycles. The number of benzene rings is 1. The highest BCUT2D eigenvalue weighted by Crippen LogP contribution is 2.16. The molecule has 0 saturated heterocycles. The Labute approximate surface area is 149 Å². The van der Waals surface area contributed by atoms with Crippen molar-refractivity contribution >= 4 is 23.5 Å². The number of amides is 4. The quantitative estimate of drug-likeness (QED) is 0.761. The van der Waals surface area contributed by atoms with E-state index in [-0.39, 0.29) is 17.4 Å². The minimum absolute atomic E-state index is 0.0632. The van der Waals surface area contributed by atoms with Crippen molar-refractivity contribution in [2.75, 3.05) is 12.4 Å². The molecule has 1 unspecified atom stereocenters. The van der Waals surface area contributed by atoms with E-state index in [1.165, 1.54) is 6.92 Å². The fourth-order valence-corrected chi connectivity index (χ4v) is 2.05. The lowest BCUT2D eigenvalue weighted by Gasteiger charge is -2.24. The molecule has 7 nitrogen and oxygen atoms in total. The van der Waals surface area contributed by atoms with Gasteiger partial charge in [-0.1, -0.05) is 18.2 Å². The highest BCUT2D eigenvalue weighted by Gasteiger charge is 2.21. The number of para-hydroxylation sites is 1. The summed E-state index contributed by atoms with van der Waals surface area (Å²) in [7, 11) is 1.69. The van der Waals surface area contributed by atoms with Crippen molar-refractivity contribution in [3.8, 4) is 0 Å². The number of nitrogens with zero attached hydrogens (tertiary/aromatic N) is 1. The molecular weight excluding hydrogens is 320 g/mol. The second-order valence-electron chi connectivity index (χ2n) is 7.09. The van der Waals surface area contributed by atoms with Gasteiger partial charge in [0.05, 0.1) is 0 Å². The van der Waals surface area contributed by atoms with Gasteiger partial charge in [-0.15, -0.1) is 0 Å². The number of carbonyl (C=O) groups excluding carboxylic acids is 3. The van der Waals surface area contributed by atoms with E-state index in [1.807, 2.05) is 32.9 Å². The Morgan fingerprint density at radius 2 is 1.76 bits per heavy atom. The zero-order valence-electron chi connectivity index (χ0n) is 15.8. The van der Waals surface area contributed by atoms with E-state index in [9.17, 15) is 14.4 Å². The number of rotatable bonds is 5. The number of hydrogen-bond donors (Lipinski definition) is 3. The van der Waals surface area contributed by atoms with Crippen LogP contribution >= 0.6 is 0 Å². The largest absolute Gasteiger partial charge is 0.350 e. The van der Waals surface area contributed by atoms with Crippen LogP contribution in [0.4, 0.5) is 10.5 Å². The van der Waals surface area contributed by atoms with Crippen molar-refractivity contribution in [2.45, 2.75) is 52.7 Å². The predicted molar refractivity (Wildman–Crippen MR) is 98.1 cm³/mol. The molecule has 25 heavy (non-hydrogen) atoms. The minimum Gasteiger partial charge on any atom is -0.350 e. The third-order valence-electron chi connectivity index (χ3n) is 3.45. The number of anilines is 1. The molecule has 138 valence electrons. The molecule has 7 heteroatoms. The molecule has 0 heterocycles. The number of hydrogen-bond acceptors (Lipinski definition) is 3. The summed E-state index contributed by atoms with van der Waals surface area (Å²) in [5, 5.41) is 8.16. The van der Waals surface area contributed by atoms with E-state index in [4.69, 9.17) is 0 Å². The van der Waals surface area contributed by atoms with E-state index < -0.39 is 12.1 Å². The van der Waals surface area contributed by atoms with Crippen molar-refractivity contribution < 1.29 is 14.4 Å². The van der Waals surface area contributed by atoms with Gasteiger partial charge in [0.25, 0.3) is 0 Å². The molecule has 0 aliphatic carbocycles. The van der Waals surface area contributed by atoms with Gasteiger partial charge in [0.1, 0.15) is 6.04 Å². The molecule has 0 aromatic heterocycles. The van der Waals surface area contributed by atoms with Gasteiger partial charge in [0.15, 0.2) is 0 Å². The minimum atomic E-state index is -0.675. The Balaban J connectivity index is 2.71. The number of urea groups is 1. The molecule has 1 rings (SSSR count). The summed E-state index contributed by atoms with van der Waals surface area (Å²) in [5.41, 5.74) is 1.03. The van der Waals surface area contributed by atoms with Crippen molar-refractivity contribution in [1.82, 2.24) is 15.5 Å². The summed E-state index contributed by atoms with van der Waals surface area (Å²) >= 11 is 0. The Morgan fingerprint density at radius 3 is 2.32 bits per heavy atom. The smallest absolute Gasteiger partial charge is 0.319 e. The van der Waals surface area contributed by atoms with Crippen LogP contribution in [0.2, 0.25) is 0 Å². The van der Waals surface area contributed by atoms with E-state index in [1.54, 1.807) is 31.0 Å². The van der Waals surface area contributed by atoms with E-state index in [0.29, 0.717) is 12.2 Å². The number of carbonyl (C=O) groups is 3. The van der Waals surface area contributed by atoms with Gasteiger partial charge in [-0.2, -0.15) is 0 Å². The van der Waals surface area contributed by atoms with Crippen LogP contribution in [-0.2, 0) is 16.1 Å². The van der Waals surface area contributed by atoms with E-state index in [2.05, 4.69) is 16.0 Å². The fraction of sp³-hybridized carbons (Fsp3) is 0.500. The average molecular weight is 348 g/mol. The van der Waals surface area contributed by atoms with Gasteiger partial charge in [-0.3, -0.25) is 9.59 Å². The maximum Gasteiger partial charge on any atom is 0.319 e. The van der Waals surface area contributed by atoms with Crippen molar-refractivity contribution in [3.05, 3.63) is 29.8 Å². The van der Waals surface area contributed by atoms with Crippen molar-refractivity contribution in [3.63, 3.8) is 0 Å². The molecular formula is C18H28N4O3. The lowest BCUT2D eigenvalue weighted by atomic mass is 10.1. The average Bonchev–Trinajstić information content (AvgIpc) is 2.47. The molecule has 1 atom stereocenters. The maximum atomic E-state index is 12.2. The van der Waals surface area contributed by atoms with Gasteiger partial charge in [0.2, 0.25) is 11.8 Å². The highest BCUT2D eigenvalue weighted by atomic mass is 16.2. The molecule has 0 fully saturated rings. The summed E-state index contributed by atoms with van der Waals surface area (Å²) in [6.45, 7) is 9.11. The normalized spacial score (nSPS) is 12.1. The van der Waals surface area contributed by atoms with Crippen LogP contribution in [0.15, 0.2) is 24.3 Å². The Morgan fingerprint density at radius 1 is 1.16 bits per heavy atom. The van der Waals surface area contributed by atoms with Gasteiger partial charge >= 0.3 is 6.03 Å². The first-order valence-electron chi connectivity index (χ1n) is 8.19. The van der Waals surface area contributed by atoms with E-state index in [0.717, 1.165) is 5.56 Å². The first-order chi connectivity index (χ1) is 11.5. The van der Waals surface area contributed by atoms with Crippen LogP contribution in [-0.4, -0.2) is 41.4 Å². The summed E-state index contributed by atoms with van der Waals surface area (Å²) in [6, 6.07) is 6.07. The van der Waals surface area contributed by atoms with Crippen LogP contribution in [0.25, 0.3) is 0 Å². The van der Waals surface area contributed by atoms with Crippen LogP contribution in [0.5, 0.6) is 0 Å². The van der Waals surface area contributed by atoms with E-state index >= 15 is 0 Å². The first-order valence-corrected chi connectivity index (χ1v) is 8.19. The Kier molecular flexibility index (Phi) is 6.97. The summed E-state index contributed by atoms with van der Waals surface area (Å²) < 4.78 is 0. The summed E-state index contributed by atoms with van der Waals surface area (Å²) in [6.07, 6.45) is 0. The SMILES string of the molecule is CC(=O)N(C)Cc1ccccc1NC(=O)NC(C)C(=O)NC(C)(C)C. The molecule has 3 N–H and O–H groups in total. The van der Waals surface area contributed by atoms with Gasteiger partial charge in [-0.25, -0.2) is 4.79 Å². The molecule has 0 bridgehead atoms. The summed E-state index contributed by atoms with van der Waals surface area (Å²) in [4.78, 5) is 37.2. The van der Waals surface area contributed by atoms with Gasteiger partial charge in [-0.05, 0) is 39.3 Å². The van der Waals surface area contributed by atoms with Crippen LogP contribution in [0.1, 0.15) is 40.2 Å². The topological polar surface area (TPSA) is 90.5 Å². The van der Waals surface area contributed by atoms with Crippen LogP contribution in [0, 0.1) is 0 Å². The monoisotopic (exact) mass is 348 g/mol. The second kappa shape index (κ2) is 8.50. The molecule has 4 amide bonds. The third-order valence-corrected chi connectivity index (χ3v) is 3.45. The third kappa shape index (κ3) is 7.24. The van der Waals surface area contributed by atoms with Gasteiger partial charge < -0.3 is 20.9 Å². The van der Waals surface area contributed by atoms with Crippen LogP contribution in [0.3, 0.4) is 0 Å². The molecule has 0 radical (unpaired) electrons. The zero-order valence-corrected chi connectivity index (χ0v) is 15.8. The second-order valence-corrected chi connectivity index (χ2v) is 7.09. The summed E-state index contributed by atoms with van der Waals surface area (Å²) in [5.74, 6) is -0.320. The highest BCUT2D eigenvalue weighted by molar-refractivity contribution is 5.94. The molecule has 0 aliphatic rings. The first kappa shape index (κ1) is 20.5. The zero-order chi connectivity index (χ0) is 19.2. The van der Waals surface area contributed by atoms with Crippen LogP contribution < -0.4 is 16.0 Å². The van der Waals surface area contributed by atoms with Gasteiger partial charge in [0, 0.05) is 31.7 Å². The van der Waals surface area contributed by atoms with Crippen molar-refractivity contribution in [2.24, 2.45) is 0 Å². The van der Waals surface area contributed by atoms with Crippen molar-refractivity contribution in [1.29, 1.82) is 0 Å². The molecule has 1 aromatic carbocycles. The maximum absolute atomic E-state index is 12.2. The fourth-order valence-electron chi connectivity index (χ4n) is 2.05. The predicted octanol–water partition coefficient (Wildman–Crippen LogP) is 2.09. The standard InChI is InChI=1S/C18H28N4O3/c1-12(16(24)21-18(3,4)5)19-17(25)20-15-10-8-7-9-14(15)11-22(6)13(2)23/h7-10,12H,11H2,1-6H3,(H,21,24)(H2,19,20,25). The molecule has 0 saturated carbocycles. The molecule has 0 spiro atoms.